The molecule has 0 aliphatic carbocycles. The molecule has 1 N–H and O–H groups in total. The molecule has 3 heteroatoms. The van der Waals surface area contributed by atoms with Crippen LogP contribution in [0.25, 0.3) is 0 Å². The lowest BCUT2D eigenvalue weighted by atomic mass is 9.87. The Morgan fingerprint density at radius 3 is 2.31 bits per heavy atom. The highest BCUT2D eigenvalue weighted by Gasteiger charge is 2.32. The zero-order valence-corrected chi connectivity index (χ0v) is 9.88. The number of rotatable bonds is 4. The first-order valence-electron chi connectivity index (χ1n) is 5.47. The number of hydrogen-bond acceptors (Lipinski definition) is 2. The number of ketones is 1. The predicted octanol–water partition coefficient (Wildman–Crippen LogP) is 2.87. The van der Waals surface area contributed by atoms with Crippen LogP contribution in [-0.2, 0) is 0 Å². The van der Waals surface area contributed by atoms with Gasteiger partial charge in [-0.25, -0.2) is 4.39 Å². The fourth-order valence-electron chi connectivity index (χ4n) is 1.71. The van der Waals surface area contributed by atoms with Crippen molar-refractivity contribution in [1.29, 1.82) is 0 Å². The van der Waals surface area contributed by atoms with Crippen LogP contribution in [0.4, 0.5) is 4.39 Å². The lowest BCUT2D eigenvalue weighted by Gasteiger charge is -2.23. The van der Waals surface area contributed by atoms with E-state index in [-0.39, 0.29) is 5.56 Å². The van der Waals surface area contributed by atoms with Crippen molar-refractivity contribution in [2.75, 3.05) is 0 Å². The van der Waals surface area contributed by atoms with Crippen molar-refractivity contribution in [3.05, 3.63) is 35.1 Å². The van der Waals surface area contributed by atoms with Gasteiger partial charge in [-0.2, -0.15) is 0 Å². The van der Waals surface area contributed by atoms with Crippen molar-refractivity contribution >= 4 is 5.78 Å². The molecule has 2 nitrogen and oxygen atoms in total. The maximum absolute atomic E-state index is 13.2. The first kappa shape index (κ1) is 12.8. The molecule has 0 fully saturated rings. The molecule has 0 amide bonds. The molecule has 88 valence electrons. The summed E-state index contributed by atoms with van der Waals surface area (Å²) in [6, 6.07) is 4.13. The number of halogens is 1. The van der Waals surface area contributed by atoms with Crippen molar-refractivity contribution in [1.82, 2.24) is 0 Å². The second-order valence-electron chi connectivity index (χ2n) is 4.09. The monoisotopic (exact) mass is 224 g/mol. The van der Waals surface area contributed by atoms with Crippen LogP contribution in [0.15, 0.2) is 18.2 Å². The number of hydrogen-bond donors (Lipinski definition) is 1. The molecule has 0 unspecified atom stereocenters. The lowest BCUT2D eigenvalue weighted by molar-refractivity contribution is 0.0277. The van der Waals surface area contributed by atoms with Gasteiger partial charge in [-0.05, 0) is 43.5 Å². The maximum atomic E-state index is 13.2. The Morgan fingerprint density at radius 2 is 1.88 bits per heavy atom. The number of aryl methyl sites for hydroxylation is 1. The molecule has 0 aromatic heterocycles. The minimum Gasteiger partial charge on any atom is -0.382 e. The third-order valence-electron chi connectivity index (χ3n) is 2.90. The van der Waals surface area contributed by atoms with E-state index in [2.05, 4.69) is 0 Å². The Labute approximate surface area is 95.1 Å². The molecular formula is C13H17FO2. The van der Waals surface area contributed by atoms with E-state index in [1.165, 1.54) is 12.1 Å². The quantitative estimate of drug-likeness (QED) is 0.798. The highest BCUT2D eigenvalue weighted by atomic mass is 19.1. The van der Waals surface area contributed by atoms with E-state index in [9.17, 15) is 14.3 Å². The Morgan fingerprint density at radius 1 is 1.31 bits per heavy atom. The molecule has 0 aliphatic heterocycles. The number of benzene rings is 1. The molecule has 1 rings (SSSR count). The number of aliphatic hydroxyl groups is 1. The summed E-state index contributed by atoms with van der Waals surface area (Å²) in [6.45, 7) is 5.21. The van der Waals surface area contributed by atoms with Crippen LogP contribution in [0.2, 0.25) is 0 Å². The van der Waals surface area contributed by atoms with Crippen LogP contribution in [0, 0.1) is 12.7 Å². The Bertz CT molecular complexity index is 375. The topological polar surface area (TPSA) is 37.3 Å². The third kappa shape index (κ3) is 2.47. The van der Waals surface area contributed by atoms with Crippen molar-refractivity contribution < 1.29 is 14.3 Å². The highest BCUT2D eigenvalue weighted by molar-refractivity contribution is 6.02. The molecule has 1 aromatic rings. The van der Waals surface area contributed by atoms with E-state index in [1.807, 2.05) is 0 Å². The van der Waals surface area contributed by atoms with Crippen LogP contribution in [-0.4, -0.2) is 16.5 Å². The molecule has 0 heterocycles. The standard InChI is InChI=1S/C13H17FO2/c1-4-13(16,5-2)12(15)10-6-9(3)7-11(14)8-10/h6-8,16H,4-5H2,1-3H3. The van der Waals surface area contributed by atoms with Gasteiger partial charge in [-0.3, -0.25) is 4.79 Å². The number of Topliss-reactive ketones (excluding diaryl/α,β-unsaturated/α-hetero) is 1. The average molecular weight is 224 g/mol. The fourth-order valence-corrected chi connectivity index (χ4v) is 1.71. The second-order valence-corrected chi connectivity index (χ2v) is 4.09. The molecule has 16 heavy (non-hydrogen) atoms. The summed E-state index contributed by atoms with van der Waals surface area (Å²) in [5.74, 6) is -0.849. The summed E-state index contributed by atoms with van der Waals surface area (Å²) in [6.07, 6.45) is 0.662. The molecule has 0 spiro atoms. The Balaban J connectivity index is 3.13. The van der Waals surface area contributed by atoms with Gasteiger partial charge in [0.05, 0.1) is 0 Å². The summed E-state index contributed by atoms with van der Waals surface area (Å²) in [5, 5.41) is 10.1. The zero-order valence-electron chi connectivity index (χ0n) is 9.88. The van der Waals surface area contributed by atoms with Gasteiger partial charge in [0.2, 0.25) is 0 Å². The molecule has 0 atom stereocenters. The van der Waals surface area contributed by atoms with Crippen molar-refractivity contribution in [2.24, 2.45) is 0 Å². The van der Waals surface area contributed by atoms with Gasteiger partial charge in [0.25, 0.3) is 0 Å². The minimum absolute atomic E-state index is 0.240. The van der Waals surface area contributed by atoms with E-state index in [1.54, 1.807) is 26.8 Å². The van der Waals surface area contributed by atoms with Gasteiger partial charge in [-0.1, -0.05) is 13.8 Å². The van der Waals surface area contributed by atoms with E-state index < -0.39 is 17.2 Å². The summed E-state index contributed by atoms with van der Waals surface area (Å²) < 4.78 is 13.2. The second kappa shape index (κ2) is 4.74. The van der Waals surface area contributed by atoms with Crippen molar-refractivity contribution in [3.8, 4) is 0 Å². The molecule has 0 saturated heterocycles. The Hall–Kier alpha value is -1.22. The smallest absolute Gasteiger partial charge is 0.194 e. The predicted molar refractivity (Wildman–Crippen MR) is 61.0 cm³/mol. The molecule has 0 radical (unpaired) electrons. The van der Waals surface area contributed by atoms with Crippen LogP contribution in [0.1, 0.15) is 42.6 Å². The van der Waals surface area contributed by atoms with E-state index in [0.717, 1.165) is 0 Å². The summed E-state index contributed by atoms with van der Waals surface area (Å²) in [5.41, 5.74) is -0.457. The highest BCUT2D eigenvalue weighted by Crippen LogP contribution is 2.22. The number of carbonyl (C=O) groups excluding carboxylic acids is 1. The van der Waals surface area contributed by atoms with E-state index in [0.29, 0.717) is 18.4 Å². The first-order chi connectivity index (χ1) is 7.42. The van der Waals surface area contributed by atoms with Gasteiger partial charge in [0.1, 0.15) is 11.4 Å². The molecule has 0 saturated carbocycles. The first-order valence-corrected chi connectivity index (χ1v) is 5.47. The normalized spacial score (nSPS) is 11.6. The largest absolute Gasteiger partial charge is 0.382 e. The lowest BCUT2D eigenvalue weighted by Crippen LogP contribution is -2.37. The summed E-state index contributed by atoms with van der Waals surface area (Å²) in [7, 11) is 0. The van der Waals surface area contributed by atoms with Gasteiger partial charge < -0.3 is 5.11 Å². The van der Waals surface area contributed by atoms with Gasteiger partial charge in [0.15, 0.2) is 5.78 Å². The maximum Gasteiger partial charge on any atom is 0.194 e. The van der Waals surface area contributed by atoms with Crippen LogP contribution in [0.3, 0.4) is 0 Å². The van der Waals surface area contributed by atoms with Crippen LogP contribution in [0.5, 0.6) is 0 Å². The molecule has 0 bridgehead atoms. The average Bonchev–Trinajstić information content (AvgIpc) is 2.25. The van der Waals surface area contributed by atoms with Crippen molar-refractivity contribution in [2.45, 2.75) is 39.2 Å². The molecular weight excluding hydrogens is 207 g/mol. The van der Waals surface area contributed by atoms with Gasteiger partial charge in [0, 0.05) is 5.56 Å². The van der Waals surface area contributed by atoms with Crippen LogP contribution < -0.4 is 0 Å². The van der Waals surface area contributed by atoms with E-state index >= 15 is 0 Å². The number of carbonyl (C=O) groups is 1. The zero-order chi connectivity index (χ0) is 12.3. The molecule has 1 aromatic carbocycles. The summed E-state index contributed by atoms with van der Waals surface area (Å²) in [4.78, 5) is 12.0. The van der Waals surface area contributed by atoms with Crippen molar-refractivity contribution in [3.63, 3.8) is 0 Å². The fraction of sp³-hybridized carbons (Fsp3) is 0.462. The minimum atomic E-state index is -1.37. The Kier molecular flexibility index (Phi) is 3.81. The van der Waals surface area contributed by atoms with Gasteiger partial charge in [-0.15, -0.1) is 0 Å². The van der Waals surface area contributed by atoms with Crippen LogP contribution >= 0.6 is 0 Å². The SMILES string of the molecule is CCC(O)(CC)C(=O)c1cc(C)cc(F)c1. The van der Waals surface area contributed by atoms with E-state index in [4.69, 9.17) is 0 Å². The van der Waals surface area contributed by atoms with Gasteiger partial charge >= 0.3 is 0 Å². The summed E-state index contributed by atoms with van der Waals surface area (Å²) >= 11 is 0. The molecule has 0 aliphatic rings. The third-order valence-corrected chi connectivity index (χ3v) is 2.90.